The first-order valence-corrected chi connectivity index (χ1v) is 11.4. The maximum atomic E-state index is 13.3. The molecule has 0 unspecified atom stereocenters. The summed E-state index contributed by atoms with van der Waals surface area (Å²) < 4.78 is 37.0. The summed E-state index contributed by atoms with van der Waals surface area (Å²) in [6, 6.07) is 19.7. The van der Waals surface area contributed by atoms with Gasteiger partial charge in [0.05, 0.1) is 48.7 Å². The van der Waals surface area contributed by atoms with Crippen LogP contribution in [0.15, 0.2) is 76.5 Å². The number of ether oxygens (including phenoxy) is 2. The highest BCUT2D eigenvalue weighted by Gasteiger charge is 2.23. The Labute approximate surface area is 192 Å². The first-order valence-electron chi connectivity index (χ1n) is 9.95. The van der Waals surface area contributed by atoms with Crippen molar-refractivity contribution < 1.29 is 22.7 Å². The normalized spacial score (nSPS) is 10.7. The quantitative estimate of drug-likeness (QED) is 0.495. The summed E-state index contributed by atoms with van der Waals surface area (Å²) in [7, 11) is -1.00. The van der Waals surface area contributed by atoms with Crippen LogP contribution in [-0.4, -0.2) is 35.1 Å². The summed E-state index contributed by atoms with van der Waals surface area (Å²) in [5.74, 6) is 0.366. The van der Waals surface area contributed by atoms with Gasteiger partial charge in [-0.1, -0.05) is 24.3 Å². The molecule has 0 radical (unpaired) electrons. The number of nitriles is 1. The third-order valence-corrected chi connectivity index (χ3v) is 6.61. The van der Waals surface area contributed by atoms with Crippen molar-refractivity contribution in [3.8, 4) is 17.6 Å². The molecule has 0 saturated heterocycles. The number of para-hydroxylation sites is 1. The first kappa shape index (κ1) is 23.6. The van der Waals surface area contributed by atoms with E-state index in [0.717, 1.165) is 5.56 Å². The number of carbonyl (C=O) groups is 1. The molecule has 0 aromatic heterocycles. The smallest absolute Gasteiger partial charge is 0.243 e. The number of nitrogens with zero attached hydrogens (tertiary/aromatic N) is 1. The van der Waals surface area contributed by atoms with Crippen molar-refractivity contribution in [2.24, 2.45) is 0 Å². The van der Waals surface area contributed by atoms with Crippen molar-refractivity contribution in [1.82, 2.24) is 0 Å². The number of sulfone groups is 1. The zero-order chi connectivity index (χ0) is 23.8. The number of hydrogen-bond donors (Lipinski definition) is 2. The van der Waals surface area contributed by atoms with E-state index in [1.807, 2.05) is 0 Å². The van der Waals surface area contributed by atoms with Gasteiger partial charge in [0.25, 0.3) is 0 Å². The van der Waals surface area contributed by atoms with Crippen LogP contribution in [0.5, 0.6) is 11.5 Å². The van der Waals surface area contributed by atoms with E-state index in [2.05, 4.69) is 16.7 Å². The second-order valence-electron chi connectivity index (χ2n) is 6.95. The number of anilines is 2. The highest BCUT2D eigenvalue weighted by Crippen LogP contribution is 2.34. The summed E-state index contributed by atoms with van der Waals surface area (Å²) in [5.41, 5.74) is 1.73. The Hall–Kier alpha value is -4.03. The monoisotopic (exact) mass is 465 g/mol. The van der Waals surface area contributed by atoms with Crippen LogP contribution in [0.1, 0.15) is 5.56 Å². The molecule has 0 aliphatic rings. The fraction of sp³-hybridized carbons (Fsp3) is 0.167. The Balaban J connectivity index is 1.76. The number of benzene rings is 3. The van der Waals surface area contributed by atoms with E-state index in [9.17, 15) is 13.2 Å². The Kier molecular flexibility index (Phi) is 7.53. The minimum atomic E-state index is -3.90. The van der Waals surface area contributed by atoms with Gasteiger partial charge in [-0.2, -0.15) is 5.26 Å². The lowest BCUT2D eigenvalue weighted by Gasteiger charge is -2.14. The molecule has 3 rings (SSSR count). The third-order valence-electron chi connectivity index (χ3n) is 4.80. The minimum absolute atomic E-state index is 0.0332. The molecule has 0 spiro atoms. The Morgan fingerprint density at radius 2 is 1.67 bits per heavy atom. The summed E-state index contributed by atoms with van der Waals surface area (Å²) in [6.07, 6.45) is 0.293. The Morgan fingerprint density at radius 1 is 0.970 bits per heavy atom. The molecule has 2 N–H and O–H groups in total. The van der Waals surface area contributed by atoms with E-state index in [0.29, 0.717) is 29.3 Å². The molecule has 1 amide bonds. The van der Waals surface area contributed by atoms with Crippen LogP contribution >= 0.6 is 0 Å². The molecule has 170 valence electrons. The van der Waals surface area contributed by atoms with Crippen molar-refractivity contribution >= 4 is 27.1 Å². The number of nitrogens with one attached hydrogen (secondary N) is 2. The molecular formula is C24H23N3O5S. The number of methoxy groups -OCH3 is 2. The van der Waals surface area contributed by atoms with Crippen molar-refractivity contribution in [2.45, 2.75) is 16.2 Å². The second kappa shape index (κ2) is 10.5. The van der Waals surface area contributed by atoms with Crippen molar-refractivity contribution in [3.63, 3.8) is 0 Å². The SMILES string of the molecule is COc1ccc(S(=O)(=O)c2ccccc2NCC(=O)Nc2ccc(CC#N)cc2)cc1OC. The van der Waals surface area contributed by atoms with Crippen LogP contribution < -0.4 is 20.1 Å². The first-order chi connectivity index (χ1) is 15.9. The van der Waals surface area contributed by atoms with Gasteiger partial charge in [0.1, 0.15) is 0 Å². The van der Waals surface area contributed by atoms with Crippen LogP contribution in [-0.2, 0) is 21.1 Å². The van der Waals surface area contributed by atoms with Crippen LogP contribution in [0, 0.1) is 11.3 Å². The van der Waals surface area contributed by atoms with Crippen LogP contribution in [0.25, 0.3) is 0 Å². The molecule has 0 saturated carbocycles. The maximum Gasteiger partial charge on any atom is 0.243 e. The Bertz CT molecular complexity index is 1280. The van der Waals surface area contributed by atoms with Gasteiger partial charge in [0.2, 0.25) is 15.7 Å². The van der Waals surface area contributed by atoms with Crippen molar-refractivity contribution in [2.75, 3.05) is 31.4 Å². The molecule has 0 fully saturated rings. The number of hydrogen-bond acceptors (Lipinski definition) is 7. The lowest BCUT2D eigenvalue weighted by atomic mass is 10.1. The molecule has 3 aromatic carbocycles. The van der Waals surface area contributed by atoms with Crippen LogP contribution in [0.3, 0.4) is 0 Å². The molecule has 0 heterocycles. The molecule has 33 heavy (non-hydrogen) atoms. The zero-order valence-corrected chi connectivity index (χ0v) is 19.0. The van der Waals surface area contributed by atoms with E-state index in [4.69, 9.17) is 14.7 Å². The molecular weight excluding hydrogens is 442 g/mol. The summed E-state index contributed by atoms with van der Waals surface area (Å²) in [5, 5.41) is 14.4. The molecule has 9 heteroatoms. The summed E-state index contributed by atoms with van der Waals surface area (Å²) in [4.78, 5) is 12.4. The molecule has 3 aromatic rings. The van der Waals surface area contributed by atoms with E-state index in [-0.39, 0.29) is 22.2 Å². The molecule has 0 aliphatic carbocycles. The highest BCUT2D eigenvalue weighted by molar-refractivity contribution is 7.91. The molecule has 0 atom stereocenters. The standard InChI is InChI=1S/C24H23N3O5S/c1-31-21-12-11-19(15-22(21)32-2)33(29,30)23-6-4-3-5-20(23)26-16-24(28)27-18-9-7-17(8-10-18)13-14-25/h3-12,15,26H,13,16H2,1-2H3,(H,27,28). The topological polar surface area (TPSA) is 118 Å². The van der Waals surface area contributed by atoms with Gasteiger partial charge in [-0.3, -0.25) is 4.79 Å². The third kappa shape index (κ3) is 5.61. The van der Waals surface area contributed by atoms with Gasteiger partial charge in [0, 0.05) is 11.8 Å². The van der Waals surface area contributed by atoms with Crippen molar-refractivity contribution in [3.05, 3.63) is 72.3 Å². The van der Waals surface area contributed by atoms with Crippen LogP contribution in [0.4, 0.5) is 11.4 Å². The maximum absolute atomic E-state index is 13.3. The van der Waals surface area contributed by atoms with E-state index < -0.39 is 9.84 Å². The van der Waals surface area contributed by atoms with Gasteiger partial charge in [-0.15, -0.1) is 0 Å². The van der Waals surface area contributed by atoms with Crippen molar-refractivity contribution in [1.29, 1.82) is 5.26 Å². The van der Waals surface area contributed by atoms with Gasteiger partial charge < -0.3 is 20.1 Å². The number of rotatable bonds is 9. The van der Waals surface area contributed by atoms with Gasteiger partial charge in [0.15, 0.2) is 11.5 Å². The van der Waals surface area contributed by atoms with Gasteiger partial charge in [-0.05, 0) is 42.0 Å². The highest BCUT2D eigenvalue weighted by atomic mass is 32.2. The molecule has 0 aliphatic heterocycles. The van der Waals surface area contributed by atoms with Gasteiger partial charge >= 0.3 is 0 Å². The van der Waals surface area contributed by atoms with E-state index >= 15 is 0 Å². The largest absolute Gasteiger partial charge is 0.493 e. The lowest BCUT2D eigenvalue weighted by molar-refractivity contribution is -0.114. The lowest BCUT2D eigenvalue weighted by Crippen LogP contribution is -2.22. The predicted octanol–water partition coefficient (Wildman–Crippen LogP) is 3.65. The fourth-order valence-electron chi connectivity index (χ4n) is 3.14. The van der Waals surface area contributed by atoms with E-state index in [1.54, 1.807) is 42.5 Å². The molecule has 8 nitrogen and oxygen atoms in total. The molecule has 0 bridgehead atoms. The summed E-state index contributed by atoms with van der Waals surface area (Å²) >= 11 is 0. The average molecular weight is 466 g/mol. The predicted molar refractivity (Wildman–Crippen MR) is 124 cm³/mol. The zero-order valence-electron chi connectivity index (χ0n) is 18.2. The van der Waals surface area contributed by atoms with E-state index in [1.165, 1.54) is 38.5 Å². The number of amides is 1. The second-order valence-corrected chi connectivity index (χ2v) is 8.87. The minimum Gasteiger partial charge on any atom is -0.493 e. The summed E-state index contributed by atoms with van der Waals surface area (Å²) in [6.45, 7) is -0.140. The van der Waals surface area contributed by atoms with Crippen LogP contribution in [0.2, 0.25) is 0 Å². The van der Waals surface area contributed by atoms with Gasteiger partial charge in [-0.25, -0.2) is 8.42 Å². The number of carbonyl (C=O) groups excluding carboxylic acids is 1. The average Bonchev–Trinajstić information content (AvgIpc) is 2.83. The fourth-order valence-corrected chi connectivity index (χ4v) is 4.59. The Morgan fingerprint density at radius 3 is 2.33 bits per heavy atom.